The number of nitrogens with one attached hydrogen (secondary N) is 1. The lowest BCUT2D eigenvalue weighted by Crippen LogP contribution is -2.16. The fourth-order valence-electron chi connectivity index (χ4n) is 2.29. The second-order valence-electron chi connectivity index (χ2n) is 5.20. The minimum absolute atomic E-state index is 0.0912. The van der Waals surface area contributed by atoms with Crippen molar-refractivity contribution >= 4 is 35.0 Å². The standard InChI is InChI=1S/C18H19ClFNOS/c1-3-13-7-4-6-12(2)18(13)21-17(22)11-23-10-14-15(19)8-5-9-16(14)20/h4-9H,3,10-11H2,1-2H3,(H,21,22). The molecule has 1 N–H and O–H groups in total. The zero-order chi connectivity index (χ0) is 16.8. The summed E-state index contributed by atoms with van der Waals surface area (Å²) >= 11 is 7.33. The Morgan fingerprint density at radius 2 is 2.00 bits per heavy atom. The van der Waals surface area contributed by atoms with Crippen molar-refractivity contribution in [1.29, 1.82) is 0 Å². The van der Waals surface area contributed by atoms with Crippen molar-refractivity contribution in [2.45, 2.75) is 26.0 Å². The molecule has 0 aliphatic rings. The molecule has 0 spiro atoms. The zero-order valence-electron chi connectivity index (χ0n) is 13.2. The van der Waals surface area contributed by atoms with Crippen molar-refractivity contribution in [3.63, 3.8) is 0 Å². The molecule has 0 fully saturated rings. The zero-order valence-corrected chi connectivity index (χ0v) is 14.7. The van der Waals surface area contributed by atoms with Crippen molar-refractivity contribution < 1.29 is 9.18 Å². The number of carbonyl (C=O) groups is 1. The van der Waals surface area contributed by atoms with E-state index in [1.807, 2.05) is 25.1 Å². The van der Waals surface area contributed by atoms with E-state index >= 15 is 0 Å². The molecule has 0 aliphatic heterocycles. The van der Waals surface area contributed by atoms with Crippen molar-refractivity contribution in [3.05, 3.63) is 63.9 Å². The number of amides is 1. The van der Waals surface area contributed by atoms with Crippen LogP contribution in [0.15, 0.2) is 36.4 Å². The maximum atomic E-state index is 13.7. The fourth-order valence-corrected chi connectivity index (χ4v) is 3.46. The molecule has 2 aromatic carbocycles. The van der Waals surface area contributed by atoms with E-state index in [1.165, 1.54) is 17.8 Å². The highest BCUT2D eigenvalue weighted by Crippen LogP contribution is 2.25. The molecule has 2 rings (SSSR count). The predicted molar refractivity (Wildman–Crippen MR) is 96.8 cm³/mol. The van der Waals surface area contributed by atoms with E-state index in [9.17, 15) is 9.18 Å². The van der Waals surface area contributed by atoms with Gasteiger partial charge in [-0.3, -0.25) is 4.79 Å². The number of para-hydroxylation sites is 1. The van der Waals surface area contributed by atoms with Crippen LogP contribution in [0.25, 0.3) is 0 Å². The molecule has 2 aromatic rings. The number of aryl methyl sites for hydroxylation is 2. The number of hydrogen-bond acceptors (Lipinski definition) is 2. The maximum absolute atomic E-state index is 13.7. The summed E-state index contributed by atoms with van der Waals surface area (Å²) in [5, 5.41) is 3.35. The lowest BCUT2D eigenvalue weighted by molar-refractivity contribution is -0.113. The van der Waals surface area contributed by atoms with Crippen LogP contribution in [0.4, 0.5) is 10.1 Å². The van der Waals surface area contributed by atoms with Crippen LogP contribution in [0, 0.1) is 12.7 Å². The van der Waals surface area contributed by atoms with E-state index < -0.39 is 0 Å². The van der Waals surface area contributed by atoms with Gasteiger partial charge in [-0.05, 0) is 36.6 Å². The first-order valence-corrected chi connectivity index (χ1v) is 8.95. The summed E-state index contributed by atoms with van der Waals surface area (Å²) in [4.78, 5) is 12.1. The van der Waals surface area contributed by atoms with E-state index in [-0.39, 0.29) is 17.5 Å². The molecular weight excluding hydrogens is 333 g/mol. The quantitative estimate of drug-likeness (QED) is 0.772. The van der Waals surface area contributed by atoms with Gasteiger partial charge >= 0.3 is 0 Å². The lowest BCUT2D eigenvalue weighted by Gasteiger charge is -2.13. The monoisotopic (exact) mass is 351 g/mol. The number of anilines is 1. The molecule has 0 aliphatic carbocycles. The summed E-state index contributed by atoms with van der Waals surface area (Å²) in [7, 11) is 0. The molecule has 0 saturated carbocycles. The van der Waals surface area contributed by atoms with Gasteiger partial charge in [0.2, 0.25) is 5.91 Å². The highest BCUT2D eigenvalue weighted by Gasteiger charge is 2.11. The lowest BCUT2D eigenvalue weighted by atomic mass is 10.1. The van der Waals surface area contributed by atoms with Gasteiger partial charge in [-0.25, -0.2) is 4.39 Å². The molecule has 0 bridgehead atoms. The minimum atomic E-state index is -0.336. The highest BCUT2D eigenvalue weighted by molar-refractivity contribution is 7.99. The summed E-state index contributed by atoms with van der Waals surface area (Å²) in [6.07, 6.45) is 0.856. The Labute approximate surface area is 145 Å². The predicted octanol–water partition coefficient (Wildman–Crippen LogP) is 5.22. The molecule has 0 atom stereocenters. The topological polar surface area (TPSA) is 29.1 Å². The van der Waals surface area contributed by atoms with Crippen LogP contribution >= 0.6 is 23.4 Å². The molecule has 5 heteroatoms. The molecule has 2 nitrogen and oxygen atoms in total. The number of rotatable bonds is 6. The van der Waals surface area contributed by atoms with Crippen molar-refractivity contribution in [2.24, 2.45) is 0 Å². The van der Waals surface area contributed by atoms with Crippen LogP contribution in [-0.4, -0.2) is 11.7 Å². The van der Waals surface area contributed by atoms with Crippen LogP contribution in [-0.2, 0) is 17.0 Å². The average Bonchev–Trinajstić information content (AvgIpc) is 2.52. The third kappa shape index (κ3) is 4.72. The number of thioether (sulfide) groups is 1. The van der Waals surface area contributed by atoms with Crippen molar-refractivity contribution in [2.75, 3.05) is 11.1 Å². The maximum Gasteiger partial charge on any atom is 0.234 e. The van der Waals surface area contributed by atoms with Gasteiger partial charge in [0.05, 0.1) is 5.75 Å². The molecule has 0 radical (unpaired) electrons. The Morgan fingerprint density at radius 1 is 1.26 bits per heavy atom. The third-order valence-electron chi connectivity index (χ3n) is 3.55. The minimum Gasteiger partial charge on any atom is -0.325 e. The Kier molecular flexibility index (Phi) is 6.48. The number of halogens is 2. The number of hydrogen-bond donors (Lipinski definition) is 1. The summed E-state index contributed by atoms with van der Waals surface area (Å²) in [6.45, 7) is 4.03. The molecule has 0 aromatic heterocycles. The SMILES string of the molecule is CCc1cccc(C)c1NC(=O)CSCc1c(F)cccc1Cl. The Bertz CT molecular complexity index is 685. The van der Waals surface area contributed by atoms with E-state index in [4.69, 9.17) is 11.6 Å². The Balaban J connectivity index is 1.94. The molecular formula is C18H19ClFNOS. The molecule has 122 valence electrons. The fraction of sp³-hybridized carbons (Fsp3) is 0.278. The third-order valence-corrected chi connectivity index (χ3v) is 4.86. The number of carbonyl (C=O) groups excluding carboxylic acids is 1. The summed E-state index contributed by atoms with van der Waals surface area (Å²) < 4.78 is 13.7. The molecule has 1 amide bonds. The molecule has 0 saturated heterocycles. The van der Waals surface area contributed by atoms with Gasteiger partial charge in [-0.1, -0.05) is 42.8 Å². The summed E-state index contributed by atoms with van der Waals surface area (Å²) in [5.74, 6) is 0.194. The van der Waals surface area contributed by atoms with Crippen molar-refractivity contribution in [1.82, 2.24) is 0 Å². The Morgan fingerprint density at radius 3 is 2.70 bits per heavy atom. The van der Waals surface area contributed by atoms with Gasteiger partial charge in [-0.2, -0.15) is 0 Å². The molecule has 0 unspecified atom stereocenters. The first-order valence-electron chi connectivity index (χ1n) is 7.42. The van der Waals surface area contributed by atoms with Gasteiger partial charge in [0.15, 0.2) is 0 Å². The van der Waals surface area contributed by atoms with E-state index in [1.54, 1.807) is 12.1 Å². The molecule has 23 heavy (non-hydrogen) atoms. The van der Waals surface area contributed by atoms with Gasteiger partial charge in [0, 0.05) is 22.0 Å². The second-order valence-corrected chi connectivity index (χ2v) is 6.60. The van der Waals surface area contributed by atoms with E-state index in [0.29, 0.717) is 16.3 Å². The first kappa shape index (κ1) is 17.8. The largest absolute Gasteiger partial charge is 0.325 e. The van der Waals surface area contributed by atoms with E-state index in [0.717, 1.165) is 23.2 Å². The van der Waals surface area contributed by atoms with Crippen LogP contribution in [0.2, 0.25) is 5.02 Å². The van der Waals surface area contributed by atoms with Crippen LogP contribution in [0.5, 0.6) is 0 Å². The summed E-state index contributed by atoms with van der Waals surface area (Å²) in [5.41, 5.74) is 3.47. The molecule has 0 heterocycles. The van der Waals surface area contributed by atoms with Gasteiger partial charge < -0.3 is 5.32 Å². The second kappa shape index (κ2) is 8.37. The average molecular weight is 352 g/mol. The summed E-state index contributed by atoms with van der Waals surface area (Å²) in [6, 6.07) is 10.6. The van der Waals surface area contributed by atoms with Crippen LogP contribution in [0.3, 0.4) is 0 Å². The van der Waals surface area contributed by atoms with Gasteiger partial charge in [0.1, 0.15) is 5.82 Å². The smallest absolute Gasteiger partial charge is 0.234 e. The first-order chi connectivity index (χ1) is 11.0. The Hall–Kier alpha value is -1.52. The van der Waals surface area contributed by atoms with Gasteiger partial charge in [0.25, 0.3) is 0 Å². The van der Waals surface area contributed by atoms with E-state index in [2.05, 4.69) is 12.2 Å². The normalized spacial score (nSPS) is 10.6. The van der Waals surface area contributed by atoms with Crippen molar-refractivity contribution in [3.8, 4) is 0 Å². The highest BCUT2D eigenvalue weighted by atomic mass is 35.5. The van der Waals surface area contributed by atoms with Crippen LogP contribution < -0.4 is 5.32 Å². The number of benzene rings is 2. The van der Waals surface area contributed by atoms with Crippen LogP contribution in [0.1, 0.15) is 23.6 Å². The van der Waals surface area contributed by atoms with Gasteiger partial charge in [-0.15, -0.1) is 11.8 Å².